The van der Waals surface area contributed by atoms with Gasteiger partial charge in [-0.1, -0.05) is 19.1 Å². The second-order valence-corrected chi connectivity index (χ2v) is 15.3. The maximum absolute atomic E-state index is 14.5. The van der Waals surface area contributed by atoms with Crippen LogP contribution in [-0.2, 0) is 39.3 Å². The summed E-state index contributed by atoms with van der Waals surface area (Å²) < 4.78 is 36.9. The molecule has 60 heavy (non-hydrogen) atoms. The lowest BCUT2D eigenvalue weighted by Gasteiger charge is -2.22. The molecule has 4 atom stereocenters. The highest BCUT2D eigenvalue weighted by Gasteiger charge is 2.42. The van der Waals surface area contributed by atoms with Crippen LogP contribution in [0.4, 0.5) is 4.39 Å². The Morgan fingerprint density at radius 2 is 1.85 bits per heavy atom. The molecule has 17 nitrogen and oxygen atoms in total. The van der Waals surface area contributed by atoms with Gasteiger partial charge in [0.1, 0.15) is 30.5 Å². The van der Waals surface area contributed by atoms with Crippen molar-refractivity contribution < 1.29 is 37.8 Å². The molecule has 2 aliphatic heterocycles. The first kappa shape index (κ1) is 42.0. The number of alkyl halides is 1. The SMILES string of the molecule is CC[C@@H]1[C@H](F)C(=O)N[C@@H]1COc1ccc(-c2ncn(CN(C)CCCOCCCc3cccc4c3n(C)c(=O)n4C3CCC(=O)NC3=O)n2)c2cc(C(N)=O)c(OC)cc12. The molecule has 4 N–H and O–H groups in total. The minimum atomic E-state index is -1.59. The number of para-hydroxylation sites is 1. The number of benzene rings is 3. The zero-order valence-corrected chi connectivity index (χ0v) is 34.1. The van der Waals surface area contributed by atoms with E-state index in [1.54, 1.807) is 46.9 Å². The molecule has 0 radical (unpaired) electrons. The third-order valence-corrected chi connectivity index (χ3v) is 11.4. The van der Waals surface area contributed by atoms with E-state index in [9.17, 15) is 28.4 Å². The molecular formula is C42H50FN9O8. The number of rotatable bonds is 18. The van der Waals surface area contributed by atoms with Crippen LogP contribution in [0.2, 0.25) is 0 Å². The van der Waals surface area contributed by atoms with Crippen LogP contribution in [0.3, 0.4) is 0 Å². The summed E-state index contributed by atoms with van der Waals surface area (Å²) in [5.74, 6) is -1.48. The normalized spacial score (nSPS) is 19.3. The minimum Gasteiger partial charge on any atom is -0.496 e. The summed E-state index contributed by atoms with van der Waals surface area (Å²) >= 11 is 0. The molecule has 18 heteroatoms. The number of nitrogens with two attached hydrogens (primary N) is 1. The van der Waals surface area contributed by atoms with Crippen molar-refractivity contribution in [2.75, 3.05) is 40.5 Å². The molecule has 4 amide bonds. The fourth-order valence-electron chi connectivity index (χ4n) is 8.29. The van der Waals surface area contributed by atoms with Crippen LogP contribution in [0.1, 0.15) is 61.0 Å². The van der Waals surface area contributed by atoms with E-state index in [1.807, 2.05) is 32.2 Å². The van der Waals surface area contributed by atoms with Crippen LogP contribution >= 0.6 is 0 Å². The number of nitrogens with zero attached hydrogens (tertiary/aromatic N) is 6. The quantitative estimate of drug-likeness (QED) is 0.0865. The monoisotopic (exact) mass is 827 g/mol. The number of methoxy groups -OCH3 is 1. The number of imidazole rings is 1. The van der Waals surface area contributed by atoms with Crippen LogP contribution in [0.5, 0.6) is 11.5 Å². The maximum Gasteiger partial charge on any atom is 0.329 e. The lowest BCUT2D eigenvalue weighted by atomic mass is 9.96. The van der Waals surface area contributed by atoms with Gasteiger partial charge in [0.2, 0.25) is 11.8 Å². The highest BCUT2D eigenvalue weighted by Crippen LogP contribution is 2.38. The second kappa shape index (κ2) is 18.0. The standard InChI is InChI=1S/C42H50FN9O8/c1-5-25-30(46-41(56)36(25)43)21-60-33-14-12-26(27-19-29(38(44)54)34(58-4)20-28(27)33)39-45-22-51(48-39)23-49(2)16-8-18-59-17-7-10-24-9-6-11-31-37(24)50(3)42(57)52(31)32-13-15-35(53)47-40(32)55/h6,9,11-12,14,19-20,22,25,30,32,36H,5,7-8,10,13,15-18,21,23H2,1-4H3,(H2,44,54)(H,46,56)(H,47,53,55)/t25-,30+,32?,36-/m0/s1. The maximum atomic E-state index is 14.5. The molecule has 2 aromatic heterocycles. The molecule has 0 spiro atoms. The number of aryl methyl sites for hydroxylation is 2. The smallest absolute Gasteiger partial charge is 0.329 e. The number of piperidine rings is 1. The summed E-state index contributed by atoms with van der Waals surface area (Å²) in [5, 5.41) is 11.0. The number of nitrogens with one attached hydrogen (secondary N) is 2. The van der Waals surface area contributed by atoms with Crippen LogP contribution in [0.15, 0.2) is 53.6 Å². The van der Waals surface area contributed by atoms with Crippen molar-refractivity contribution in [3.8, 4) is 22.9 Å². The van der Waals surface area contributed by atoms with Gasteiger partial charge in [-0.15, -0.1) is 5.10 Å². The van der Waals surface area contributed by atoms with E-state index in [-0.39, 0.29) is 42.4 Å². The van der Waals surface area contributed by atoms with Crippen LogP contribution in [0, 0.1) is 5.92 Å². The summed E-state index contributed by atoms with van der Waals surface area (Å²) in [7, 11) is 5.11. The van der Waals surface area contributed by atoms with Crippen molar-refractivity contribution in [1.82, 2.24) is 39.4 Å². The molecule has 1 unspecified atom stereocenters. The molecule has 0 aliphatic carbocycles. The topological polar surface area (TPSA) is 207 Å². The van der Waals surface area contributed by atoms with Gasteiger partial charge < -0.3 is 25.3 Å². The highest BCUT2D eigenvalue weighted by atomic mass is 19.1. The van der Waals surface area contributed by atoms with Crippen molar-refractivity contribution in [3.63, 3.8) is 0 Å². The largest absolute Gasteiger partial charge is 0.496 e. The molecular weight excluding hydrogens is 778 g/mol. The Balaban J connectivity index is 0.936. The van der Waals surface area contributed by atoms with Gasteiger partial charge in [-0.05, 0) is 80.4 Å². The first-order chi connectivity index (χ1) is 28.9. The molecule has 2 saturated heterocycles. The fraction of sp³-hybridized carbons (Fsp3) is 0.452. The number of ether oxygens (including phenoxy) is 3. The number of carbonyl (C=O) groups is 4. The average Bonchev–Trinajstić information content (AvgIpc) is 3.88. The van der Waals surface area contributed by atoms with E-state index in [0.29, 0.717) is 66.2 Å². The Kier molecular flexibility index (Phi) is 12.6. The zero-order valence-electron chi connectivity index (χ0n) is 34.1. The molecule has 5 aromatic rings. The number of imide groups is 1. The molecule has 2 aliphatic rings. The number of hydrogen-bond donors (Lipinski definition) is 3. The number of amides is 4. The average molecular weight is 828 g/mol. The summed E-state index contributed by atoms with van der Waals surface area (Å²) in [6.07, 6.45) is 3.18. The summed E-state index contributed by atoms with van der Waals surface area (Å²) in [5.41, 5.74) is 8.66. The molecule has 7 rings (SSSR count). The Morgan fingerprint density at radius 3 is 2.60 bits per heavy atom. The van der Waals surface area contributed by atoms with Crippen molar-refractivity contribution in [3.05, 3.63) is 70.4 Å². The van der Waals surface area contributed by atoms with E-state index < -0.39 is 41.9 Å². The Hall–Kier alpha value is -6.14. The van der Waals surface area contributed by atoms with Crippen LogP contribution in [-0.4, -0.2) is 105 Å². The molecule has 2 fully saturated rings. The molecule has 3 aromatic carbocycles. The van der Waals surface area contributed by atoms with Gasteiger partial charge in [0, 0.05) is 50.1 Å². The van der Waals surface area contributed by atoms with E-state index in [1.165, 1.54) is 11.7 Å². The molecule has 318 valence electrons. The van der Waals surface area contributed by atoms with E-state index in [0.717, 1.165) is 30.5 Å². The molecule has 0 bridgehead atoms. The Morgan fingerprint density at radius 1 is 1.05 bits per heavy atom. The van der Waals surface area contributed by atoms with Gasteiger partial charge in [0.25, 0.3) is 11.8 Å². The van der Waals surface area contributed by atoms with Gasteiger partial charge in [0.05, 0.1) is 36.4 Å². The molecule has 0 saturated carbocycles. The number of fused-ring (bicyclic) bond motifs is 2. The summed E-state index contributed by atoms with van der Waals surface area (Å²) in [6, 6.07) is 11.3. The second-order valence-electron chi connectivity index (χ2n) is 15.3. The number of hydrogen-bond acceptors (Lipinski definition) is 11. The number of aromatic nitrogens is 5. The van der Waals surface area contributed by atoms with E-state index in [2.05, 4.69) is 20.5 Å². The minimum absolute atomic E-state index is 0.0498. The van der Waals surface area contributed by atoms with E-state index in [4.69, 9.17) is 25.0 Å². The summed E-state index contributed by atoms with van der Waals surface area (Å²) in [4.78, 5) is 68.6. The van der Waals surface area contributed by atoms with E-state index >= 15 is 0 Å². The Bertz CT molecular complexity index is 2500. The van der Waals surface area contributed by atoms with Gasteiger partial charge in [-0.3, -0.25) is 38.5 Å². The van der Waals surface area contributed by atoms with Crippen LogP contribution in [0.25, 0.3) is 33.2 Å². The number of carbonyl (C=O) groups excluding carboxylic acids is 4. The fourth-order valence-corrected chi connectivity index (χ4v) is 8.29. The van der Waals surface area contributed by atoms with Gasteiger partial charge in [-0.2, -0.15) is 0 Å². The van der Waals surface area contributed by atoms with Crippen molar-refractivity contribution in [2.45, 2.75) is 70.4 Å². The lowest BCUT2D eigenvalue weighted by Crippen LogP contribution is -2.44. The zero-order chi connectivity index (χ0) is 42.7. The first-order valence-electron chi connectivity index (χ1n) is 20.1. The van der Waals surface area contributed by atoms with Gasteiger partial charge in [-0.25, -0.2) is 18.9 Å². The lowest BCUT2D eigenvalue weighted by molar-refractivity contribution is -0.135. The molecule has 4 heterocycles. The van der Waals surface area contributed by atoms with Crippen molar-refractivity contribution >= 4 is 45.4 Å². The number of halogens is 1. The highest BCUT2D eigenvalue weighted by molar-refractivity contribution is 6.06. The summed E-state index contributed by atoms with van der Waals surface area (Å²) in [6.45, 7) is 4.14. The van der Waals surface area contributed by atoms with Crippen molar-refractivity contribution in [1.29, 1.82) is 0 Å². The van der Waals surface area contributed by atoms with Crippen molar-refractivity contribution in [2.24, 2.45) is 18.7 Å². The van der Waals surface area contributed by atoms with Gasteiger partial charge in [0.15, 0.2) is 12.0 Å². The number of primary amides is 1. The Labute approximate surface area is 344 Å². The van der Waals surface area contributed by atoms with Crippen LogP contribution < -0.4 is 31.5 Å². The third-order valence-electron chi connectivity index (χ3n) is 11.4. The third kappa shape index (κ3) is 8.47. The first-order valence-corrected chi connectivity index (χ1v) is 20.1. The predicted octanol–water partition coefficient (Wildman–Crippen LogP) is 3.01. The predicted molar refractivity (Wildman–Crippen MR) is 219 cm³/mol. The van der Waals surface area contributed by atoms with Gasteiger partial charge >= 0.3 is 5.69 Å².